The summed E-state index contributed by atoms with van der Waals surface area (Å²) in [5, 5.41) is 0. The zero-order valence-electron chi connectivity index (χ0n) is 11.1. The van der Waals surface area contributed by atoms with Crippen LogP contribution in [0.5, 0.6) is 0 Å². The minimum atomic E-state index is -2.98. The predicted molar refractivity (Wildman–Crippen MR) is 74.0 cm³/mol. The highest BCUT2D eigenvalue weighted by molar-refractivity contribution is 7.91. The molecule has 4 nitrogen and oxygen atoms in total. The average molecular weight is 279 g/mol. The Morgan fingerprint density at radius 2 is 1.74 bits per heavy atom. The maximum absolute atomic E-state index is 12.2. The van der Waals surface area contributed by atoms with Crippen LogP contribution in [0.2, 0.25) is 0 Å². The summed E-state index contributed by atoms with van der Waals surface area (Å²) in [5.41, 5.74) is 3.02. The van der Waals surface area contributed by atoms with E-state index in [1.807, 2.05) is 32.0 Å². The maximum atomic E-state index is 12.2. The lowest BCUT2D eigenvalue weighted by molar-refractivity contribution is -0.117. The second-order valence-corrected chi connectivity index (χ2v) is 7.87. The summed E-state index contributed by atoms with van der Waals surface area (Å²) in [7, 11) is -2.98. The fraction of sp³-hybridized carbons (Fsp3) is 0.500. The number of amides is 1. The monoisotopic (exact) mass is 279 g/mol. The van der Waals surface area contributed by atoms with Crippen molar-refractivity contribution in [2.24, 2.45) is 5.92 Å². The lowest BCUT2D eigenvalue weighted by Crippen LogP contribution is -2.36. The summed E-state index contributed by atoms with van der Waals surface area (Å²) in [6.07, 6.45) is 0.358. The van der Waals surface area contributed by atoms with Crippen molar-refractivity contribution in [1.29, 1.82) is 0 Å². The number of sulfone groups is 1. The van der Waals surface area contributed by atoms with E-state index in [9.17, 15) is 13.2 Å². The Hall–Kier alpha value is -1.36. The number of aryl methyl sites for hydroxylation is 2. The molecule has 1 aromatic rings. The molecule has 3 rings (SSSR count). The van der Waals surface area contributed by atoms with E-state index in [0.29, 0.717) is 6.42 Å². The fourth-order valence-corrected chi connectivity index (χ4v) is 5.38. The van der Waals surface area contributed by atoms with Gasteiger partial charge in [0.05, 0.1) is 17.5 Å². The number of benzene rings is 1. The molecule has 2 atom stereocenters. The number of hydrogen-bond acceptors (Lipinski definition) is 3. The minimum absolute atomic E-state index is 0.0293. The van der Waals surface area contributed by atoms with E-state index >= 15 is 0 Å². The number of hydrogen-bond donors (Lipinski definition) is 0. The van der Waals surface area contributed by atoms with E-state index in [2.05, 4.69) is 0 Å². The standard InChI is InChI=1S/C14H17NO3S/c1-9-3-10(2)5-12(4-9)15-13-8-19(17,18)7-11(13)6-14(15)16/h3-5,11,13H,6-8H2,1-2H3/t11-,13-/m1/s1. The first-order valence-corrected chi connectivity index (χ1v) is 8.29. The van der Waals surface area contributed by atoms with E-state index in [0.717, 1.165) is 16.8 Å². The number of carbonyl (C=O) groups excluding carboxylic acids is 1. The Kier molecular flexibility index (Phi) is 2.71. The molecule has 1 aromatic carbocycles. The van der Waals surface area contributed by atoms with Gasteiger partial charge in [-0.05, 0) is 37.1 Å². The normalized spacial score (nSPS) is 28.7. The summed E-state index contributed by atoms with van der Waals surface area (Å²) < 4.78 is 23.4. The molecule has 0 unspecified atom stereocenters. The van der Waals surface area contributed by atoms with Gasteiger partial charge in [-0.25, -0.2) is 8.42 Å². The first-order valence-electron chi connectivity index (χ1n) is 6.46. The van der Waals surface area contributed by atoms with Crippen molar-refractivity contribution in [1.82, 2.24) is 0 Å². The van der Waals surface area contributed by atoms with Crippen LogP contribution >= 0.6 is 0 Å². The quantitative estimate of drug-likeness (QED) is 0.782. The van der Waals surface area contributed by atoms with Crippen LogP contribution in [0.4, 0.5) is 5.69 Å². The Balaban J connectivity index is 2.02. The number of nitrogens with zero attached hydrogens (tertiary/aromatic N) is 1. The van der Waals surface area contributed by atoms with Crippen LogP contribution in [0.3, 0.4) is 0 Å². The molecule has 102 valence electrons. The third-order valence-corrected chi connectivity index (χ3v) is 5.74. The van der Waals surface area contributed by atoms with Crippen molar-refractivity contribution in [3.63, 3.8) is 0 Å². The minimum Gasteiger partial charge on any atom is -0.308 e. The Labute approximate surface area is 113 Å². The van der Waals surface area contributed by atoms with Gasteiger partial charge in [-0.1, -0.05) is 6.07 Å². The third-order valence-electron chi connectivity index (χ3n) is 3.96. The summed E-state index contributed by atoms with van der Waals surface area (Å²) >= 11 is 0. The van der Waals surface area contributed by atoms with Gasteiger partial charge in [-0.3, -0.25) is 4.79 Å². The molecule has 0 bridgehead atoms. The number of fused-ring (bicyclic) bond motifs is 1. The molecule has 0 spiro atoms. The summed E-state index contributed by atoms with van der Waals surface area (Å²) in [6.45, 7) is 3.97. The molecule has 2 fully saturated rings. The van der Waals surface area contributed by atoms with E-state index in [4.69, 9.17) is 0 Å². The van der Waals surface area contributed by atoms with E-state index in [1.165, 1.54) is 0 Å². The van der Waals surface area contributed by atoms with Crippen molar-refractivity contribution in [3.05, 3.63) is 29.3 Å². The van der Waals surface area contributed by atoms with Gasteiger partial charge in [0.1, 0.15) is 0 Å². The topological polar surface area (TPSA) is 54.5 Å². The molecule has 2 aliphatic rings. The average Bonchev–Trinajstić information content (AvgIpc) is 2.66. The Morgan fingerprint density at radius 1 is 1.11 bits per heavy atom. The van der Waals surface area contributed by atoms with Gasteiger partial charge in [0.25, 0.3) is 0 Å². The highest BCUT2D eigenvalue weighted by Crippen LogP contribution is 2.37. The van der Waals surface area contributed by atoms with Gasteiger partial charge < -0.3 is 4.90 Å². The molecule has 2 saturated heterocycles. The zero-order chi connectivity index (χ0) is 13.8. The fourth-order valence-electron chi connectivity index (χ4n) is 3.31. The van der Waals surface area contributed by atoms with Crippen LogP contribution in [0.15, 0.2) is 18.2 Å². The predicted octanol–water partition coefficient (Wildman–Crippen LogP) is 1.45. The molecule has 19 heavy (non-hydrogen) atoms. The highest BCUT2D eigenvalue weighted by atomic mass is 32.2. The van der Waals surface area contributed by atoms with Crippen LogP contribution in [0, 0.1) is 19.8 Å². The maximum Gasteiger partial charge on any atom is 0.227 e. The largest absolute Gasteiger partial charge is 0.308 e. The first-order chi connectivity index (χ1) is 8.85. The van der Waals surface area contributed by atoms with Gasteiger partial charge in [0.2, 0.25) is 5.91 Å². The van der Waals surface area contributed by atoms with E-state index in [1.54, 1.807) is 4.90 Å². The van der Waals surface area contributed by atoms with Gasteiger partial charge in [-0.2, -0.15) is 0 Å². The Morgan fingerprint density at radius 3 is 2.37 bits per heavy atom. The van der Waals surface area contributed by atoms with Crippen molar-refractivity contribution < 1.29 is 13.2 Å². The smallest absolute Gasteiger partial charge is 0.227 e. The molecule has 0 N–H and O–H groups in total. The summed E-state index contributed by atoms with van der Waals surface area (Å²) in [5.74, 6) is 0.286. The molecule has 2 heterocycles. The van der Waals surface area contributed by atoms with Crippen molar-refractivity contribution in [2.45, 2.75) is 26.3 Å². The molecule has 0 aliphatic carbocycles. The van der Waals surface area contributed by atoms with Crippen LogP contribution in [0.25, 0.3) is 0 Å². The summed E-state index contributed by atoms with van der Waals surface area (Å²) in [4.78, 5) is 13.9. The molecule has 0 aromatic heterocycles. The number of carbonyl (C=O) groups is 1. The summed E-state index contributed by atoms with van der Waals surface area (Å²) in [6, 6.07) is 5.79. The van der Waals surface area contributed by atoms with Crippen LogP contribution in [-0.4, -0.2) is 31.9 Å². The second kappa shape index (κ2) is 4.07. The van der Waals surface area contributed by atoms with Crippen LogP contribution < -0.4 is 4.90 Å². The Bertz CT molecular complexity index is 630. The molecular weight excluding hydrogens is 262 g/mol. The molecule has 5 heteroatoms. The number of anilines is 1. The second-order valence-electron chi connectivity index (χ2n) is 5.72. The van der Waals surface area contributed by atoms with E-state index in [-0.39, 0.29) is 29.4 Å². The first kappa shape index (κ1) is 12.7. The lowest BCUT2D eigenvalue weighted by Gasteiger charge is -2.24. The van der Waals surface area contributed by atoms with E-state index < -0.39 is 9.84 Å². The zero-order valence-corrected chi connectivity index (χ0v) is 11.9. The number of rotatable bonds is 1. The van der Waals surface area contributed by atoms with Crippen LogP contribution in [-0.2, 0) is 14.6 Å². The molecule has 0 radical (unpaired) electrons. The molecule has 1 amide bonds. The van der Waals surface area contributed by atoms with Crippen LogP contribution in [0.1, 0.15) is 17.5 Å². The van der Waals surface area contributed by atoms with Crippen molar-refractivity contribution in [2.75, 3.05) is 16.4 Å². The highest BCUT2D eigenvalue weighted by Gasteiger charge is 2.49. The molecule has 0 saturated carbocycles. The van der Waals surface area contributed by atoms with Gasteiger partial charge in [-0.15, -0.1) is 0 Å². The van der Waals surface area contributed by atoms with Gasteiger partial charge in [0.15, 0.2) is 9.84 Å². The van der Waals surface area contributed by atoms with Gasteiger partial charge >= 0.3 is 0 Å². The third kappa shape index (κ3) is 2.16. The molecular formula is C14H17NO3S. The van der Waals surface area contributed by atoms with Gasteiger partial charge in [0, 0.05) is 18.0 Å². The lowest BCUT2D eigenvalue weighted by atomic mass is 10.0. The van der Waals surface area contributed by atoms with Crippen molar-refractivity contribution >= 4 is 21.4 Å². The molecule has 2 aliphatic heterocycles. The van der Waals surface area contributed by atoms with Crippen molar-refractivity contribution in [3.8, 4) is 0 Å². The SMILES string of the molecule is Cc1cc(C)cc(N2C(=O)C[C@@H]3CS(=O)(=O)C[C@H]32)c1.